The van der Waals surface area contributed by atoms with Crippen molar-refractivity contribution in [2.75, 3.05) is 18.8 Å². The van der Waals surface area contributed by atoms with Crippen LogP contribution in [0.15, 0.2) is 29.2 Å². The molecule has 0 spiro atoms. The van der Waals surface area contributed by atoms with E-state index in [1.165, 1.54) is 24.3 Å². The van der Waals surface area contributed by atoms with Crippen LogP contribution in [0.25, 0.3) is 0 Å². The molecule has 20 heavy (non-hydrogen) atoms. The minimum absolute atomic E-state index is 0.0761. The summed E-state index contributed by atoms with van der Waals surface area (Å²) in [5.41, 5.74) is 5.23. The number of benzene rings is 1. The first-order valence-electron chi connectivity index (χ1n) is 5.78. The highest BCUT2D eigenvalue weighted by molar-refractivity contribution is 7.91. The predicted molar refractivity (Wildman–Crippen MR) is 71.3 cm³/mol. The lowest BCUT2D eigenvalue weighted by Gasteiger charge is -2.09. The lowest BCUT2D eigenvalue weighted by Crippen LogP contribution is -2.39. The molecule has 0 saturated carbocycles. The molecule has 0 aliphatic heterocycles. The van der Waals surface area contributed by atoms with Gasteiger partial charge in [0.2, 0.25) is 5.91 Å². The molecule has 0 bridgehead atoms. The van der Waals surface area contributed by atoms with Gasteiger partial charge in [0, 0.05) is 13.1 Å². The van der Waals surface area contributed by atoms with E-state index in [0.717, 1.165) is 0 Å². The van der Waals surface area contributed by atoms with Crippen LogP contribution in [0, 0.1) is 11.3 Å². The van der Waals surface area contributed by atoms with Gasteiger partial charge in [-0.1, -0.05) is 0 Å². The van der Waals surface area contributed by atoms with Crippen molar-refractivity contribution in [2.24, 2.45) is 5.73 Å². The van der Waals surface area contributed by atoms with Crippen molar-refractivity contribution >= 4 is 15.7 Å². The van der Waals surface area contributed by atoms with Gasteiger partial charge < -0.3 is 16.2 Å². The molecule has 0 aliphatic carbocycles. The largest absolute Gasteiger partial charge is 0.382 e. The number of hydrogen-bond acceptors (Lipinski definition) is 6. The molecule has 1 aromatic carbocycles. The van der Waals surface area contributed by atoms with E-state index in [1.807, 2.05) is 6.07 Å². The molecule has 0 aliphatic rings. The second-order valence-electron chi connectivity index (χ2n) is 4.08. The van der Waals surface area contributed by atoms with Gasteiger partial charge in [-0.2, -0.15) is 5.26 Å². The molecule has 0 radical (unpaired) electrons. The molecular formula is C12H15N3O4S. The highest BCUT2D eigenvalue weighted by atomic mass is 32.2. The van der Waals surface area contributed by atoms with Crippen LogP contribution in [0.4, 0.5) is 0 Å². The maximum Gasteiger partial charge on any atom is 0.247 e. The third kappa shape index (κ3) is 4.62. The second kappa shape index (κ2) is 7.00. The van der Waals surface area contributed by atoms with Crippen molar-refractivity contribution in [3.05, 3.63) is 29.8 Å². The first-order chi connectivity index (χ1) is 9.36. The molecule has 0 aromatic heterocycles. The van der Waals surface area contributed by atoms with Crippen molar-refractivity contribution in [3.63, 3.8) is 0 Å². The van der Waals surface area contributed by atoms with E-state index in [4.69, 9.17) is 16.1 Å². The summed E-state index contributed by atoms with van der Waals surface area (Å²) in [6, 6.07) is 7.49. The van der Waals surface area contributed by atoms with E-state index in [2.05, 4.69) is 5.32 Å². The lowest BCUT2D eigenvalue weighted by atomic mass is 10.2. The fraction of sp³-hybridized carbons (Fsp3) is 0.333. The molecule has 4 N–H and O–H groups in total. The Balaban J connectivity index is 2.53. The highest BCUT2D eigenvalue weighted by Crippen LogP contribution is 2.11. The monoisotopic (exact) mass is 297 g/mol. The van der Waals surface area contributed by atoms with Crippen molar-refractivity contribution in [3.8, 4) is 6.07 Å². The van der Waals surface area contributed by atoms with Crippen molar-refractivity contribution in [2.45, 2.75) is 11.0 Å². The fourth-order valence-corrected chi connectivity index (χ4v) is 2.60. The van der Waals surface area contributed by atoms with E-state index < -0.39 is 21.8 Å². The topological polar surface area (TPSA) is 133 Å². The Labute approximate surface area is 116 Å². The van der Waals surface area contributed by atoms with E-state index in [9.17, 15) is 13.2 Å². The summed E-state index contributed by atoms with van der Waals surface area (Å²) in [5, 5.41) is 20.4. The molecular weight excluding hydrogens is 282 g/mol. The summed E-state index contributed by atoms with van der Waals surface area (Å²) in [5.74, 6) is -1.06. The van der Waals surface area contributed by atoms with Crippen LogP contribution >= 0.6 is 0 Å². The number of amides is 1. The normalized spacial score (nSPS) is 12.6. The number of aliphatic hydroxyl groups excluding tert-OH is 1. The van der Waals surface area contributed by atoms with Crippen LogP contribution in [0.2, 0.25) is 0 Å². The SMILES string of the molecule is N#Cc1ccc(S(=O)(=O)CCNCC(O)C(N)=O)cc1. The van der Waals surface area contributed by atoms with Gasteiger partial charge in [-0.15, -0.1) is 0 Å². The Hall–Kier alpha value is -1.95. The van der Waals surface area contributed by atoms with E-state index in [1.54, 1.807) is 0 Å². The third-order valence-electron chi connectivity index (χ3n) is 2.56. The minimum atomic E-state index is -3.47. The average Bonchev–Trinajstić information content (AvgIpc) is 2.43. The Kier molecular flexibility index (Phi) is 5.64. The second-order valence-corrected chi connectivity index (χ2v) is 6.19. The van der Waals surface area contributed by atoms with Crippen molar-refractivity contribution in [1.29, 1.82) is 5.26 Å². The first kappa shape index (κ1) is 16.1. The number of hydrogen-bond donors (Lipinski definition) is 3. The summed E-state index contributed by atoms with van der Waals surface area (Å²) in [6.45, 7) is -0.0229. The first-order valence-corrected chi connectivity index (χ1v) is 7.43. The summed E-state index contributed by atoms with van der Waals surface area (Å²) >= 11 is 0. The van der Waals surface area contributed by atoms with Gasteiger partial charge in [-0.3, -0.25) is 4.79 Å². The van der Waals surface area contributed by atoms with Crippen molar-refractivity contribution < 1.29 is 18.3 Å². The van der Waals surface area contributed by atoms with Crippen LogP contribution in [-0.2, 0) is 14.6 Å². The van der Waals surface area contributed by atoms with Crippen molar-refractivity contribution in [1.82, 2.24) is 5.32 Å². The zero-order valence-electron chi connectivity index (χ0n) is 10.6. The molecule has 1 unspecified atom stereocenters. The molecule has 108 valence electrons. The molecule has 7 nitrogen and oxygen atoms in total. The summed E-state index contributed by atoms with van der Waals surface area (Å²) in [7, 11) is -3.47. The molecule has 8 heteroatoms. The Morgan fingerprint density at radius 1 is 1.40 bits per heavy atom. The number of nitrogens with zero attached hydrogens (tertiary/aromatic N) is 1. The number of nitrogens with two attached hydrogens (primary N) is 1. The number of aliphatic hydroxyl groups is 1. The summed E-state index contributed by atoms with van der Waals surface area (Å²) < 4.78 is 23.9. The van der Waals surface area contributed by atoms with Gasteiger partial charge in [0.05, 0.1) is 22.3 Å². The maximum atomic E-state index is 11.9. The number of carbonyl (C=O) groups excluding carboxylic acids is 1. The van der Waals surface area contributed by atoms with Crippen LogP contribution in [0.5, 0.6) is 0 Å². The zero-order valence-corrected chi connectivity index (χ0v) is 11.4. The molecule has 0 saturated heterocycles. The maximum absolute atomic E-state index is 11.9. The van der Waals surface area contributed by atoms with E-state index >= 15 is 0 Å². The molecule has 0 fully saturated rings. The quantitative estimate of drug-likeness (QED) is 0.539. The van der Waals surface area contributed by atoms with Gasteiger partial charge >= 0.3 is 0 Å². The zero-order chi connectivity index (χ0) is 15.2. The smallest absolute Gasteiger partial charge is 0.247 e. The summed E-state index contributed by atoms with van der Waals surface area (Å²) in [6.07, 6.45) is -1.34. The Morgan fingerprint density at radius 2 is 2.00 bits per heavy atom. The fourth-order valence-electron chi connectivity index (χ4n) is 1.40. The van der Waals surface area contributed by atoms with Crippen LogP contribution in [-0.4, -0.2) is 44.4 Å². The minimum Gasteiger partial charge on any atom is -0.382 e. The molecule has 0 heterocycles. The lowest BCUT2D eigenvalue weighted by molar-refractivity contribution is -0.125. The van der Waals surface area contributed by atoms with E-state index in [0.29, 0.717) is 5.56 Å². The summed E-state index contributed by atoms with van der Waals surface area (Å²) in [4.78, 5) is 10.7. The highest BCUT2D eigenvalue weighted by Gasteiger charge is 2.15. The van der Waals surface area contributed by atoms with Crippen LogP contribution < -0.4 is 11.1 Å². The molecule has 1 rings (SSSR count). The van der Waals surface area contributed by atoms with Crippen LogP contribution in [0.1, 0.15) is 5.56 Å². The molecule has 1 amide bonds. The third-order valence-corrected chi connectivity index (χ3v) is 4.29. The number of nitriles is 1. The van der Waals surface area contributed by atoms with Crippen LogP contribution in [0.3, 0.4) is 0 Å². The Bertz CT molecular complexity index is 605. The number of carbonyl (C=O) groups is 1. The van der Waals surface area contributed by atoms with Gasteiger partial charge in [-0.25, -0.2) is 8.42 Å². The van der Waals surface area contributed by atoms with Gasteiger partial charge in [0.15, 0.2) is 9.84 Å². The van der Waals surface area contributed by atoms with Gasteiger partial charge in [-0.05, 0) is 24.3 Å². The number of primary amides is 1. The standard InChI is InChI=1S/C12H15N3O4S/c13-7-9-1-3-10(4-2-9)20(18,19)6-5-15-8-11(16)12(14)17/h1-4,11,15-16H,5-6,8H2,(H2,14,17). The van der Waals surface area contributed by atoms with E-state index in [-0.39, 0.29) is 23.7 Å². The van der Waals surface area contributed by atoms with Gasteiger partial charge in [0.25, 0.3) is 0 Å². The number of nitrogens with one attached hydrogen (secondary N) is 1. The Morgan fingerprint density at radius 3 is 2.50 bits per heavy atom. The number of sulfone groups is 1. The molecule has 1 atom stereocenters. The average molecular weight is 297 g/mol. The van der Waals surface area contributed by atoms with Gasteiger partial charge in [0.1, 0.15) is 6.10 Å². The number of rotatable bonds is 7. The molecule has 1 aromatic rings. The predicted octanol–water partition coefficient (Wildman–Crippen LogP) is -1.23.